The van der Waals surface area contributed by atoms with Gasteiger partial charge in [-0.3, -0.25) is 0 Å². The molecule has 2 rings (SSSR count). The minimum absolute atomic E-state index is 0.268. The third-order valence-corrected chi connectivity index (χ3v) is 6.39. The normalized spacial score (nSPS) is 22.5. The largest absolute Gasteiger partial charge is 0.392 e. The maximum Gasteiger partial charge on any atom is 0.253 e. The van der Waals surface area contributed by atoms with Crippen molar-refractivity contribution in [1.82, 2.24) is 4.31 Å². The third-order valence-electron chi connectivity index (χ3n) is 2.84. The van der Waals surface area contributed by atoms with Crippen LogP contribution in [0.2, 0.25) is 0 Å². The molecular weight excluding hydrogens is 276 g/mol. The van der Waals surface area contributed by atoms with Gasteiger partial charge >= 0.3 is 0 Å². The van der Waals surface area contributed by atoms with Crippen molar-refractivity contribution < 1.29 is 8.42 Å². The van der Waals surface area contributed by atoms with Gasteiger partial charge < -0.3 is 5.73 Å². The van der Waals surface area contributed by atoms with Crippen molar-refractivity contribution in [1.29, 1.82) is 0 Å². The summed E-state index contributed by atoms with van der Waals surface area (Å²) in [6, 6.07) is 3.02. The van der Waals surface area contributed by atoms with Crippen molar-refractivity contribution in [3.05, 3.63) is 17.5 Å². The number of thiophene rings is 1. The molecule has 1 aliphatic rings. The Morgan fingerprint density at radius 3 is 2.88 bits per heavy atom. The van der Waals surface area contributed by atoms with Crippen LogP contribution in [-0.4, -0.2) is 30.3 Å². The van der Waals surface area contributed by atoms with Crippen LogP contribution in [0.5, 0.6) is 0 Å². The summed E-state index contributed by atoms with van der Waals surface area (Å²) in [4.78, 5) is 0.268. The van der Waals surface area contributed by atoms with E-state index in [0.29, 0.717) is 10.8 Å². The van der Waals surface area contributed by atoms with Gasteiger partial charge in [0.1, 0.15) is 4.21 Å². The summed E-state index contributed by atoms with van der Waals surface area (Å²) >= 11 is 6.19. The number of nitrogens with zero attached hydrogens (tertiary/aromatic N) is 1. The van der Waals surface area contributed by atoms with Crippen LogP contribution >= 0.6 is 23.6 Å². The molecule has 1 aromatic heterocycles. The molecule has 2 N–H and O–H groups in total. The predicted molar refractivity (Wildman–Crippen MR) is 72.6 cm³/mol. The van der Waals surface area contributed by atoms with Crippen molar-refractivity contribution in [2.24, 2.45) is 5.73 Å². The van der Waals surface area contributed by atoms with E-state index in [0.717, 1.165) is 19.3 Å². The second-order valence-corrected chi connectivity index (χ2v) is 7.50. The van der Waals surface area contributed by atoms with Gasteiger partial charge in [-0.25, -0.2) is 8.42 Å². The van der Waals surface area contributed by atoms with Crippen LogP contribution in [0.4, 0.5) is 0 Å². The number of thiocarbonyl (C=S) groups is 1. The van der Waals surface area contributed by atoms with E-state index in [2.05, 4.69) is 0 Å². The Labute approximate surface area is 110 Å². The van der Waals surface area contributed by atoms with Crippen molar-refractivity contribution in [3.63, 3.8) is 0 Å². The fourth-order valence-electron chi connectivity index (χ4n) is 2.00. The first-order chi connectivity index (χ1) is 8.03. The first-order valence-electron chi connectivity index (χ1n) is 5.38. The molecule has 1 unspecified atom stereocenters. The van der Waals surface area contributed by atoms with E-state index < -0.39 is 10.0 Å². The minimum atomic E-state index is -3.43. The van der Waals surface area contributed by atoms with Gasteiger partial charge in [-0.2, -0.15) is 4.31 Å². The zero-order chi connectivity index (χ0) is 12.5. The van der Waals surface area contributed by atoms with Crippen molar-refractivity contribution >= 4 is 38.6 Å². The van der Waals surface area contributed by atoms with E-state index >= 15 is 0 Å². The lowest BCUT2D eigenvalue weighted by Crippen LogP contribution is -2.49. The number of hydrogen-bond acceptors (Lipinski definition) is 4. The number of sulfonamides is 1. The molecule has 1 atom stereocenters. The first kappa shape index (κ1) is 12.9. The van der Waals surface area contributed by atoms with E-state index in [1.165, 1.54) is 15.6 Å². The predicted octanol–water partition coefficient (Wildman–Crippen LogP) is 1.58. The molecule has 94 valence electrons. The number of rotatable bonds is 3. The van der Waals surface area contributed by atoms with Gasteiger partial charge in [-0.05, 0) is 24.3 Å². The average molecular weight is 290 g/mol. The van der Waals surface area contributed by atoms with Crippen LogP contribution in [-0.2, 0) is 10.0 Å². The van der Waals surface area contributed by atoms with Gasteiger partial charge in [-0.15, -0.1) is 11.3 Å². The molecule has 0 saturated carbocycles. The molecule has 2 heterocycles. The average Bonchev–Trinajstić information content (AvgIpc) is 2.83. The van der Waals surface area contributed by atoms with Crippen LogP contribution in [0.15, 0.2) is 21.7 Å². The molecule has 0 radical (unpaired) electrons. The molecule has 0 bridgehead atoms. The topological polar surface area (TPSA) is 63.4 Å². The molecule has 4 nitrogen and oxygen atoms in total. The van der Waals surface area contributed by atoms with Gasteiger partial charge in [0.15, 0.2) is 0 Å². The molecule has 1 aromatic rings. The van der Waals surface area contributed by atoms with Crippen LogP contribution in [0.25, 0.3) is 0 Å². The molecule has 0 spiro atoms. The molecule has 17 heavy (non-hydrogen) atoms. The molecule has 1 aliphatic heterocycles. The fourth-order valence-corrected chi connectivity index (χ4v) is 5.11. The Hall–Kier alpha value is -0.500. The van der Waals surface area contributed by atoms with E-state index in [1.54, 1.807) is 17.5 Å². The summed E-state index contributed by atoms with van der Waals surface area (Å²) in [5, 5.41) is 1.76. The van der Waals surface area contributed by atoms with Gasteiger partial charge in [0.25, 0.3) is 10.0 Å². The Kier molecular flexibility index (Phi) is 3.82. The smallest absolute Gasteiger partial charge is 0.253 e. The Morgan fingerprint density at radius 1 is 1.53 bits per heavy atom. The molecule has 7 heteroatoms. The van der Waals surface area contributed by atoms with E-state index in [4.69, 9.17) is 18.0 Å². The summed E-state index contributed by atoms with van der Waals surface area (Å²) in [7, 11) is -3.43. The second-order valence-electron chi connectivity index (χ2n) is 3.96. The van der Waals surface area contributed by atoms with E-state index in [9.17, 15) is 8.42 Å². The molecule has 0 aromatic carbocycles. The summed E-state index contributed by atoms with van der Waals surface area (Å²) in [6.07, 6.45) is 2.56. The zero-order valence-electron chi connectivity index (χ0n) is 9.20. The van der Waals surface area contributed by atoms with Crippen molar-refractivity contribution in [2.75, 3.05) is 6.54 Å². The molecule has 1 saturated heterocycles. The van der Waals surface area contributed by atoms with Crippen molar-refractivity contribution in [3.8, 4) is 0 Å². The minimum Gasteiger partial charge on any atom is -0.392 e. The second kappa shape index (κ2) is 5.01. The Balaban J connectivity index is 2.34. The van der Waals surface area contributed by atoms with E-state index in [1.807, 2.05) is 0 Å². The lowest BCUT2D eigenvalue weighted by atomic mass is 10.1. The highest BCUT2D eigenvalue weighted by atomic mass is 32.2. The van der Waals surface area contributed by atoms with Crippen LogP contribution in [0.1, 0.15) is 19.3 Å². The fraction of sp³-hybridized carbons (Fsp3) is 0.500. The molecule has 0 amide bonds. The number of hydrogen-bond donors (Lipinski definition) is 1. The zero-order valence-corrected chi connectivity index (χ0v) is 11.7. The third kappa shape index (κ3) is 2.52. The van der Waals surface area contributed by atoms with Gasteiger partial charge in [0, 0.05) is 6.54 Å². The van der Waals surface area contributed by atoms with Crippen molar-refractivity contribution in [2.45, 2.75) is 29.5 Å². The van der Waals surface area contributed by atoms with Crippen LogP contribution in [0, 0.1) is 0 Å². The van der Waals surface area contributed by atoms with Crippen LogP contribution in [0.3, 0.4) is 0 Å². The van der Waals surface area contributed by atoms with Crippen LogP contribution < -0.4 is 5.73 Å². The lowest BCUT2D eigenvalue weighted by Gasteiger charge is -2.33. The lowest BCUT2D eigenvalue weighted by molar-refractivity contribution is 0.307. The number of piperidine rings is 1. The molecular formula is C10H14N2O2S3. The standard InChI is InChI=1S/C10H14N2O2S3/c11-10(15)8-4-1-2-6-12(8)17(13,14)9-5-3-7-16-9/h3,5,7-8H,1-2,4,6H2,(H2,11,15). The monoisotopic (exact) mass is 290 g/mol. The molecule has 1 fully saturated rings. The summed E-state index contributed by atoms with van der Waals surface area (Å²) in [6.45, 7) is 0.502. The van der Waals surface area contributed by atoms with E-state index in [-0.39, 0.29) is 11.0 Å². The van der Waals surface area contributed by atoms with Gasteiger partial charge in [0.2, 0.25) is 0 Å². The quantitative estimate of drug-likeness (QED) is 0.859. The maximum absolute atomic E-state index is 12.4. The Bertz CT molecular complexity index is 496. The summed E-state index contributed by atoms with van der Waals surface area (Å²) < 4.78 is 26.6. The van der Waals surface area contributed by atoms with Gasteiger partial charge in [-0.1, -0.05) is 24.7 Å². The Morgan fingerprint density at radius 2 is 2.29 bits per heavy atom. The highest BCUT2D eigenvalue weighted by Gasteiger charge is 2.35. The molecule has 0 aliphatic carbocycles. The number of nitrogens with two attached hydrogens (primary N) is 1. The first-order valence-corrected chi connectivity index (χ1v) is 8.11. The van der Waals surface area contributed by atoms with Gasteiger partial charge in [0.05, 0.1) is 11.0 Å². The SMILES string of the molecule is NC(=S)C1CCCCN1S(=O)(=O)c1cccs1. The summed E-state index contributed by atoms with van der Waals surface area (Å²) in [5.74, 6) is 0. The highest BCUT2D eigenvalue weighted by Crippen LogP contribution is 2.27. The summed E-state index contributed by atoms with van der Waals surface area (Å²) in [5.41, 5.74) is 5.64. The highest BCUT2D eigenvalue weighted by molar-refractivity contribution is 7.91. The maximum atomic E-state index is 12.4.